The van der Waals surface area contributed by atoms with Gasteiger partial charge in [-0.3, -0.25) is 0 Å². The van der Waals surface area contributed by atoms with Gasteiger partial charge in [-0.05, 0) is 19.4 Å². The first-order chi connectivity index (χ1) is 5.47. The van der Waals surface area contributed by atoms with Crippen molar-refractivity contribution < 1.29 is 0 Å². The van der Waals surface area contributed by atoms with Crippen LogP contribution in [0.2, 0.25) is 0 Å². The first-order valence-corrected chi connectivity index (χ1v) is 4.74. The first-order valence-electron chi connectivity index (χ1n) is 4.74. The number of nitrogens with zero attached hydrogens (tertiary/aromatic N) is 2. The molecule has 0 aromatic rings. The smallest absolute Gasteiger partial charge is 0.0110 e. The van der Waals surface area contributed by atoms with E-state index in [-0.39, 0.29) is 5.41 Å². The van der Waals surface area contributed by atoms with Crippen LogP contribution < -0.4 is 0 Å². The molecule has 0 spiro atoms. The van der Waals surface area contributed by atoms with Crippen molar-refractivity contribution in [3.05, 3.63) is 6.92 Å². The highest BCUT2D eigenvalue weighted by molar-refractivity contribution is 4.78. The van der Waals surface area contributed by atoms with Crippen LogP contribution >= 0.6 is 0 Å². The fraction of sp³-hybridized carbons (Fsp3) is 0.900. The van der Waals surface area contributed by atoms with Gasteiger partial charge in [-0.15, -0.1) is 0 Å². The van der Waals surface area contributed by atoms with Gasteiger partial charge in [0.2, 0.25) is 0 Å². The Kier molecular flexibility index (Phi) is 3.13. The molecule has 0 aliphatic carbocycles. The molecule has 0 aromatic heterocycles. The molecule has 0 unspecified atom stereocenters. The Bertz CT molecular complexity index is 129. The van der Waals surface area contributed by atoms with Crippen molar-refractivity contribution in [3.63, 3.8) is 0 Å². The molecule has 1 aliphatic rings. The molecule has 2 nitrogen and oxygen atoms in total. The molecule has 0 amide bonds. The summed E-state index contributed by atoms with van der Waals surface area (Å²) in [6.07, 6.45) is 0. The monoisotopic (exact) mass is 169 g/mol. The van der Waals surface area contributed by atoms with E-state index in [9.17, 15) is 0 Å². The van der Waals surface area contributed by atoms with Gasteiger partial charge in [0.15, 0.2) is 0 Å². The maximum atomic E-state index is 4.13. The van der Waals surface area contributed by atoms with Crippen LogP contribution in [0.1, 0.15) is 13.8 Å². The second-order valence-electron chi connectivity index (χ2n) is 4.74. The van der Waals surface area contributed by atoms with Crippen molar-refractivity contribution in [1.29, 1.82) is 0 Å². The Labute approximate surface area is 76.5 Å². The number of hydrogen-bond acceptors (Lipinski definition) is 2. The predicted octanol–water partition coefficient (Wildman–Crippen LogP) is 1.09. The number of piperazine rings is 1. The van der Waals surface area contributed by atoms with Crippen LogP contribution in [-0.4, -0.2) is 49.6 Å². The summed E-state index contributed by atoms with van der Waals surface area (Å²) in [7, 11) is 2.19. The van der Waals surface area contributed by atoms with Crippen molar-refractivity contribution in [1.82, 2.24) is 9.80 Å². The average molecular weight is 169 g/mol. The molecule has 1 rings (SSSR count). The van der Waals surface area contributed by atoms with E-state index >= 15 is 0 Å². The lowest BCUT2D eigenvalue weighted by molar-refractivity contribution is 0.125. The summed E-state index contributed by atoms with van der Waals surface area (Å²) in [6.45, 7) is 14.5. The summed E-state index contributed by atoms with van der Waals surface area (Å²) in [5.74, 6) is 0. The lowest BCUT2D eigenvalue weighted by atomic mass is 9.96. The average Bonchev–Trinajstić information content (AvgIpc) is 1.91. The summed E-state index contributed by atoms with van der Waals surface area (Å²) in [5.41, 5.74) is 0.204. The van der Waals surface area contributed by atoms with Gasteiger partial charge < -0.3 is 9.80 Å². The third-order valence-corrected chi connectivity index (χ3v) is 2.25. The minimum absolute atomic E-state index is 0.204. The van der Waals surface area contributed by atoms with E-state index in [1.165, 1.54) is 26.2 Å². The zero-order chi connectivity index (χ0) is 9.19. The molecule has 0 N–H and O–H groups in total. The molecule has 1 heterocycles. The summed E-state index contributed by atoms with van der Waals surface area (Å²) in [6, 6.07) is 0. The SMILES string of the molecule is [CH2]C(C)(C)CN1CCN(C)CC1. The van der Waals surface area contributed by atoms with Crippen molar-refractivity contribution >= 4 is 0 Å². The van der Waals surface area contributed by atoms with Crippen LogP contribution in [0.5, 0.6) is 0 Å². The van der Waals surface area contributed by atoms with Gasteiger partial charge >= 0.3 is 0 Å². The predicted molar refractivity (Wildman–Crippen MR) is 53.1 cm³/mol. The molecular formula is C10H21N2. The Morgan fingerprint density at radius 3 is 2.08 bits per heavy atom. The van der Waals surface area contributed by atoms with Gasteiger partial charge in [0, 0.05) is 32.7 Å². The van der Waals surface area contributed by atoms with E-state index in [1.807, 2.05) is 0 Å². The third-order valence-electron chi connectivity index (χ3n) is 2.25. The highest BCUT2D eigenvalue weighted by Crippen LogP contribution is 2.15. The highest BCUT2D eigenvalue weighted by Gasteiger charge is 2.19. The molecule has 1 fully saturated rings. The van der Waals surface area contributed by atoms with E-state index in [2.05, 4.69) is 37.6 Å². The zero-order valence-corrected chi connectivity index (χ0v) is 8.64. The Hall–Kier alpha value is -0.0800. The van der Waals surface area contributed by atoms with Crippen LogP contribution in [0.15, 0.2) is 0 Å². The highest BCUT2D eigenvalue weighted by atomic mass is 15.2. The molecule has 0 saturated carbocycles. The molecule has 12 heavy (non-hydrogen) atoms. The normalized spacial score (nSPS) is 23.0. The van der Waals surface area contributed by atoms with E-state index in [0.717, 1.165) is 6.54 Å². The largest absolute Gasteiger partial charge is 0.304 e. The fourth-order valence-corrected chi connectivity index (χ4v) is 1.61. The Balaban J connectivity index is 2.26. The second-order valence-corrected chi connectivity index (χ2v) is 4.74. The van der Waals surface area contributed by atoms with Crippen LogP contribution in [0, 0.1) is 12.3 Å². The Morgan fingerprint density at radius 1 is 1.17 bits per heavy atom. The van der Waals surface area contributed by atoms with Crippen LogP contribution in [0.3, 0.4) is 0 Å². The first kappa shape index (κ1) is 10.0. The van der Waals surface area contributed by atoms with Crippen molar-refractivity contribution in [2.45, 2.75) is 13.8 Å². The van der Waals surface area contributed by atoms with Crippen molar-refractivity contribution in [3.8, 4) is 0 Å². The third kappa shape index (κ3) is 3.55. The number of likely N-dealkylation sites (N-methyl/N-ethyl adjacent to an activating group) is 1. The lowest BCUT2D eigenvalue weighted by Crippen LogP contribution is -2.47. The van der Waals surface area contributed by atoms with Gasteiger partial charge in [0.1, 0.15) is 0 Å². The zero-order valence-electron chi connectivity index (χ0n) is 8.64. The van der Waals surface area contributed by atoms with Gasteiger partial charge in [0.05, 0.1) is 0 Å². The van der Waals surface area contributed by atoms with Gasteiger partial charge in [0.25, 0.3) is 0 Å². The second kappa shape index (κ2) is 3.75. The minimum atomic E-state index is 0.204. The van der Waals surface area contributed by atoms with E-state index < -0.39 is 0 Å². The summed E-state index contributed by atoms with van der Waals surface area (Å²) in [4.78, 5) is 4.89. The maximum Gasteiger partial charge on any atom is 0.0110 e. The van der Waals surface area contributed by atoms with E-state index in [4.69, 9.17) is 0 Å². The number of rotatable bonds is 2. The molecule has 0 bridgehead atoms. The molecule has 2 heteroatoms. The fourth-order valence-electron chi connectivity index (χ4n) is 1.61. The summed E-state index contributed by atoms with van der Waals surface area (Å²) in [5, 5.41) is 0. The standard InChI is InChI=1S/C10H21N2/c1-10(2,3)9-12-7-5-11(4)6-8-12/h1,5-9H2,2-4H3. The molecule has 1 aliphatic heterocycles. The van der Waals surface area contributed by atoms with Crippen molar-refractivity contribution in [2.24, 2.45) is 5.41 Å². The topological polar surface area (TPSA) is 6.48 Å². The van der Waals surface area contributed by atoms with Gasteiger partial charge in [-0.1, -0.05) is 13.8 Å². The molecule has 0 aromatic carbocycles. The van der Waals surface area contributed by atoms with Gasteiger partial charge in [-0.2, -0.15) is 0 Å². The molecule has 1 saturated heterocycles. The van der Waals surface area contributed by atoms with Crippen LogP contribution in [0.25, 0.3) is 0 Å². The minimum Gasteiger partial charge on any atom is -0.304 e. The van der Waals surface area contributed by atoms with Crippen LogP contribution in [0.4, 0.5) is 0 Å². The molecule has 71 valence electrons. The van der Waals surface area contributed by atoms with Crippen LogP contribution in [-0.2, 0) is 0 Å². The summed E-state index contributed by atoms with van der Waals surface area (Å²) < 4.78 is 0. The molecule has 1 radical (unpaired) electrons. The quantitative estimate of drug-likeness (QED) is 0.610. The number of hydrogen-bond donors (Lipinski definition) is 0. The maximum absolute atomic E-state index is 4.13. The molecular weight excluding hydrogens is 148 g/mol. The molecule has 0 atom stereocenters. The van der Waals surface area contributed by atoms with E-state index in [0.29, 0.717) is 0 Å². The Morgan fingerprint density at radius 2 is 1.67 bits per heavy atom. The van der Waals surface area contributed by atoms with E-state index in [1.54, 1.807) is 0 Å². The lowest BCUT2D eigenvalue weighted by Gasteiger charge is -2.36. The van der Waals surface area contributed by atoms with Crippen molar-refractivity contribution in [2.75, 3.05) is 39.8 Å². The van der Waals surface area contributed by atoms with Gasteiger partial charge in [-0.25, -0.2) is 0 Å². The summed E-state index contributed by atoms with van der Waals surface area (Å²) >= 11 is 0.